The number of nitrogens with two attached hydrogens (primary N) is 2. The smallest absolute Gasteiger partial charge is 0.337 e. The van der Waals surface area contributed by atoms with Gasteiger partial charge in [0.2, 0.25) is 0 Å². The Morgan fingerprint density at radius 2 is 2.04 bits per heavy atom. The van der Waals surface area contributed by atoms with Gasteiger partial charge in [0.05, 0.1) is 32.9 Å². The first-order valence-corrected chi connectivity index (χ1v) is 7.82. The Hall–Kier alpha value is -3.66. The molecule has 0 saturated heterocycles. The van der Waals surface area contributed by atoms with E-state index in [-0.39, 0.29) is 44.3 Å². The van der Waals surface area contributed by atoms with Crippen molar-refractivity contribution < 1.29 is 19.8 Å². The van der Waals surface area contributed by atoms with E-state index < -0.39 is 11.9 Å². The summed E-state index contributed by atoms with van der Waals surface area (Å²) in [5.41, 5.74) is 5.57. The number of carboxylic acid groups (broad SMARTS) is 1. The molecular weight excluding hydrogens is 376 g/mol. The standard InChI is InChI=1S/C16H13ClN6O4/c1-6-13(24)11(12(21-19)14(18)25)9-5-23(22-15(9)20-6)7-2-3-10(17)8(4-7)16(26)27/h2-5,24H,19H2,1H3,(H2,18,25)(H,26,27)/b21-12+. The van der Waals surface area contributed by atoms with Crippen molar-refractivity contribution in [2.75, 3.05) is 0 Å². The minimum atomic E-state index is -1.20. The van der Waals surface area contributed by atoms with E-state index >= 15 is 0 Å². The molecule has 2 heterocycles. The van der Waals surface area contributed by atoms with Crippen LogP contribution in [-0.4, -0.2) is 42.6 Å². The number of amides is 1. The molecule has 0 spiro atoms. The summed E-state index contributed by atoms with van der Waals surface area (Å²) in [5, 5.41) is 27.5. The van der Waals surface area contributed by atoms with Crippen molar-refractivity contribution in [2.24, 2.45) is 16.7 Å². The fraction of sp³-hybridized carbons (Fsp3) is 0.0625. The van der Waals surface area contributed by atoms with Gasteiger partial charge in [-0.1, -0.05) is 11.6 Å². The van der Waals surface area contributed by atoms with E-state index in [9.17, 15) is 19.8 Å². The van der Waals surface area contributed by atoms with Crippen molar-refractivity contribution in [3.8, 4) is 11.4 Å². The van der Waals surface area contributed by atoms with Crippen LogP contribution in [0.1, 0.15) is 21.6 Å². The number of hydrogen-bond donors (Lipinski definition) is 4. The fourth-order valence-electron chi connectivity index (χ4n) is 2.59. The Labute approximate surface area is 156 Å². The van der Waals surface area contributed by atoms with E-state index in [1.807, 2.05) is 0 Å². The van der Waals surface area contributed by atoms with Crippen LogP contribution in [-0.2, 0) is 4.79 Å². The summed E-state index contributed by atoms with van der Waals surface area (Å²) in [7, 11) is 0. The number of aryl methyl sites for hydroxylation is 1. The van der Waals surface area contributed by atoms with Gasteiger partial charge in [-0.2, -0.15) is 5.10 Å². The number of pyridine rings is 1. The minimum Gasteiger partial charge on any atom is -0.505 e. The van der Waals surface area contributed by atoms with Gasteiger partial charge in [-0.05, 0) is 25.1 Å². The first-order valence-electron chi connectivity index (χ1n) is 7.44. The van der Waals surface area contributed by atoms with Crippen molar-refractivity contribution in [1.29, 1.82) is 0 Å². The molecule has 11 heteroatoms. The summed E-state index contributed by atoms with van der Waals surface area (Å²) in [6.07, 6.45) is 1.44. The molecule has 6 N–H and O–H groups in total. The topological polar surface area (TPSA) is 170 Å². The molecule has 3 rings (SSSR count). The summed E-state index contributed by atoms with van der Waals surface area (Å²) >= 11 is 5.88. The molecule has 2 aromatic heterocycles. The Kier molecular flexibility index (Phi) is 4.42. The molecule has 0 unspecified atom stereocenters. The van der Waals surface area contributed by atoms with E-state index in [1.165, 1.54) is 29.9 Å². The molecule has 3 aromatic rings. The Morgan fingerprint density at radius 1 is 1.33 bits per heavy atom. The van der Waals surface area contributed by atoms with E-state index in [1.54, 1.807) is 6.07 Å². The van der Waals surface area contributed by atoms with Crippen LogP contribution in [0.25, 0.3) is 16.7 Å². The highest BCUT2D eigenvalue weighted by atomic mass is 35.5. The van der Waals surface area contributed by atoms with Crippen LogP contribution in [0.15, 0.2) is 29.5 Å². The quantitative estimate of drug-likeness (QED) is 0.292. The van der Waals surface area contributed by atoms with Crippen LogP contribution in [0, 0.1) is 6.92 Å². The van der Waals surface area contributed by atoms with E-state index in [4.69, 9.17) is 23.2 Å². The van der Waals surface area contributed by atoms with Gasteiger partial charge in [0.15, 0.2) is 11.4 Å². The van der Waals surface area contributed by atoms with Gasteiger partial charge in [0, 0.05) is 6.20 Å². The number of halogens is 1. The van der Waals surface area contributed by atoms with E-state index in [0.29, 0.717) is 5.69 Å². The zero-order valence-electron chi connectivity index (χ0n) is 13.8. The van der Waals surface area contributed by atoms with Crippen LogP contribution in [0.3, 0.4) is 0 Å². The zero-order chi connectivity index (χ0) is 19.9. The second-order valence-electron chi connectivity index (χ2n) is 5.54. The van der Waals surface area contributed by atoms with Gasteiger partial charge in [0.1, 0.15) is 5.75 Å². The molecule has 0 atom stereocenters. The lowest BCUT2D eigenvalue weighted by Gasteiger charge is -2.07. The summed E-state index contributed by atoms with van der Waals surface area (Å²) in [6, 6.07) is 4.30. The zero-order valence-corrected chi connectivity index (χ0v) is 14.6. The number of hydrogen-bond acceptors (Lipinski definition) is 7. The number of carboxylic acids is 1. The van der Waals surface area contributed by atoms with Crippen molar-refractivity contribution in [3.05, 3.63) is 46.2 Å². The molecule has 0 bridgehead atoms. The van der Waals surface area contributed by atoms with E-state index in [0.717, 1.165) is 0 Å². The predicted octanol–water partition coefficient (Wildman–Crippen LogP) is 0.934. The highest BCUT2D eigenvalue weighted by molar-refractivity contribution is 6.47. The summed E-state index contributed by atoms with van der Waals surface area (Å²) in [4.78, 5) is 27.1. The number of aromatic carboxylic acids is 1. The van der Waals surface area contributed by atoms with Crippen LogP contribution in [0.2, 0.25) is 5.02 Å². The number of carbonyl (C=O) groups is 2. The average molecular weight is 389 g/mol. The fourth-order valence-corrected chi connectivity index (χ4v) is 2.79. The van der Waals surface area contributed by atoms with Gasteiger partial charge < -0.3 is 21.8 Å². The molecule has 1 aromatic carbocycles. The van der Waals surface area contributed by atoms with Gasteiger partial charge >= 0.3 is 5.97 Å². The maximum absolute atomic E-state index is 11.6. The minimum absolute atomic E-state index is 0.00817. The average Bonchev–Trinajstić information content (AvgIpc) is 3.02. The largest absolute Gasteiger partial charge is 0.505 e. The third-order valence-corrected chi connectivity index (χ3v) is 4.19. The maximum Gasteiger partial charge on any atom is 0.337 e. The summed E-state index contributed by atoms with van der Waals surface area (Å²) in [5.74, 6) is 2.80. The Balaban J connectivity index is 2.29. The predicted molar refractivity (Wildman–Crippen MR) is 97.2 cm³/mol. The van der Waals surface area contributed by atoms with Crippen LogP contribution in [0.4, 0.5) is 0 Å². The first kappa shape index (κ1) is 18.1. The molecule has 10 nitrogen and oxygen atoms in total. The highest BCUT2D eigenvalue weighted by Crippen LogP contribution is 2.30. The number of fused-ring (bicyclic) bond motifs is 1. The Morgan fingerprint density at radius 3 is 2.63 bits per heavy atom. The molecule has 0 aliphatic carbocycles. The summed E-state index contributed by atoms with van der Waals surface area (Å²) in [6.45, 7) is 1.51. The molecule has 138 valence electrons. The second kappa shape index (κ2) is 6.57. The number of benzene rings is 1. The lowest BCUT2D eigenvalue weighted by Crippen LogP contribution is -2.26. The van der Waals surface area contributed by atoms with Crippen molar-refractivity contribution in [3.63, 3.8) is 0 Å². The maximum atomic E-state index is 11.6. The third kappa shape index (κ3) is 3.02. The van der Waals surface area contributed by atoms with Crippen molar-refractivity contribution >= 4 is 40.2 Å². The SMILES string of the molecule is Cc1nc2nn(-c3ccc(Cl)c(C(=O)O)c3)cc2c(/C(=N\N)C(N)=O)c1O. The number of carbonyl (C=O) groups excluding carboxylic acids is 1. The number of nitrogens with zero attached hydrogens (tertiary/aromatic N) is 4. The monoisotopic (exact) mass is 388 g/mol. The number of hydrazone groups is 1. The molecule has 27 heavy (non-hydrogen) atoms. The van der Waals surface area contributed by atoms with Crippen molar-refractivity contribution in [1.82, 2.24) is 14.8 Å². The Bertz CT molecular complexity index is 1140. The molecule has 0 radical (unpaired) electrons. The normalized spacial score (nSPS) is 11.7. The molecule has 0 aliphatic rings. The van der Waals surface area contributed by atoms with E-state index in [2.05, 4.69) is 15.2 Å². The van der Waals surface area contributed by atoms with Gasteiger partial charge in [-0.25, -0.2) is 14.5 Å². The van der Waals surface area contributed by atoms with Crippen LogP contribution >= 0.6 is 11.6 Å². The number of rotatable bonds is 4. The second-order valence-corrected chi connectivity index (χ2v) is 5.95. The third-order valence-electron chi connectivity index (χ3n) is 3.86. The highest BCUT2D eigenvalue weighted by Gasteiger charge is 2.23. The number of aromatic nitrogens is 3. The first-order chi connectivity index (χ1) is 12.7. The number of aromatic hydroxyl groups is 1. The molecule has 1 amide bonds. The molecule has 0 saturated carbocycles. The lowest BCUT2D eigenvalue weighted by molar-refractivity contribution is -0.111. The number of primary amides is 1. The van der Waals surface area contributed by atoms with Crippen LogP contribution in [0.5, 0.6) is 5.75 Å². The van der Waals surface area contributed by atoms with Gasteiger partial charge in [0.25, 0.3) is 5.91 Å². The molecular formula is C16H13ClN6O4. The van der Waals surface area contributed by atoms with Crippen LogP contribution < -0.4 is 11.6 Å². The molecule has 0 fully saturated rings. The van der Waals surface area contributed by atoms with Gasteiger partial charge in [-0.3, -0.25) is 4.79 Å². The summed E-state index contributed by atoms with van der Waals surface area (Å²) < 4.78 is 1.33. The van der Waals surface area contributed by atoms with Gasteiger partial charge in [-0.15, -0.1) is 5.10 Å². The molecule has 0 aliphatic heterocycles. The van der Waals surface area contributed by atoms with Crippen molar-refractivity contribution in [2.45, 2.75) is 6.92 Å². The lowest BCUT2D eigenvalue weighted by atomic mass is 10.0.